The minimum absolute atomic E-state index is 0. The van der Waals surface area contributed by atoms with Gasteiger partial charge in [0.1, 0.15) is 0 Å². The van der Waals surface area contributed by atoms with Gasteiger partial charge in [-0.3, -0.25) is 0 Å². The Hall–Kier alpha value is -0.756. The molecule has 0 unspecified atom stereocenters. The Labute approximate surface area is 91.6 Å². The maximum atomic E-state index is 6.75. The molecule has 0 spiro atoms. The van der Waals surface area contributed by atoms with Crippen LogP contribution in [0.2, 0.25) is 0 Å². The minimum Gasteiger partial charge on any atom is -0.748 e. The average molecular weight is 212 g/mol. The first-order chi connectivity index (χ1) is 6.00. The van der Waals surface area contributed by atoms with E-state index in [1.54, 1.807) is 0 Å². The third kappa shape index (κ3) is 11.2. The summed E-state index contributed by atoms with van der Waals surface area (Å²) in [7, 11) is 2.25. The molecule has 0 bridgehead atoms. The Morgan fingerprint density at radius 2 is 1.08 bits per heavy atom. The largest absolute Gasteiger partial charge is 0.748 e. The molecule has 0 amide bonds. The van der Waals surface area contributed by atoms with Crippen LogP contribution in [0.25, 0.3) is 0 Å². The van der Waals surface area contributed by atoms with Crippen LogP contribution >= 0.6 is 0 Å². The number of aliphatic hydroxyl groups excluding tert-OH is 1. The van der Waals surface area contributed by atoms with Gasteiger partial charge in [-0.1, -0.05) is 0 Å². The van der Waals surface area contributed by atoms with Crippen molar-refractivity contribution in [2.75, 3.05) is 0 Å². The van der Waals surface area contributed by atoms with Crippen LogP contribution < -0.4 is 0 Å². The van der Waals surface area contributed by atoms with Crippen molar-refractivity contribution in [2.24, 2.45) is 0 Å². The molecule has 0 atom stereocenters. The minimum atomic E-state index is 0. The summed E-state index contributed by atoms with van der Waals surface area (Å²) in [6.07, 6.45) is 0. The second kappa shape index (κ2) is 13.8. The summed E-state index contributed by atoms with van der Waals surface area (Å²) in [5.41, 5.74) is 0. The van der Waals surface area contributed by atoms with Gasteiger partial charge in [0, 0.05) is 18.6 Å². The predicted octanol–water partition coefficient (Wildman–Crippen LogP) is 2.96. The fraction of sp³-hybridized carbons (Fsp3) is 0. The van der Waals surface area contributed by atoms with Gasteiger partial charge in [0.15, 0.2) is 0 Å². The van der Waals surface area contributed by atoms with E-state index >= 15 is 0 Å². The van der Waals surface area contributed by atoms with Crippen molar-refractivity contribution in [3.8, 4) is 0 Å². The van der Waals surface area contributed by atoms with Crippen LogP contribution in [0.3, 0.4) is 0 Å². The summed E-state index contributed by atoms with van der Waals surface area (Å²) in [4.78, 5) is 0. The Balaban J connectivity index is 0. The molecule has 75 valence electrons. The number of hydrogen-bond donors (Lipinski definition) is 1. The van der Waals surface area contributed by atoms with Gasteiger partial charge < -0.3 is 35.4 Å². The maximum absolute atomic E-state index is 6.75. The van der Waals surface area contributed by atoms with Gasteiger partial charge in [0.05, 0.1) is 0 Å². The standard InChI is InChI=1S/2C5H5.CH3O.V/c2*1-2-4-5-3-1;1-2;/h2*1-5H;2H,1H2;/q-5;2*-1;. The van der Waals surface area contributed by atoms with Crippen LogP contribution in [-0.2, 0) is 18.6 Å². The third-order valence-electron chi connectivity index (χ3n) is 1.11. The van der Waals surface area contributed by atoms with E-state index in [1.165, 1.54) is 0 Å². The van der Waals surface area contributed by atoms with Crippen molar-refractivity contribution in [2.45, 2.75) is 0 Å². The smallest absolute Gasteiger partial charge is 0 e. The third-order valence-corrected chi connectivity index (χ3v) is 1.11. The van der Waals surface area contributed by atoms with E-state index in [4.69, 9.17) is 5.11 Å². The number of rotatable bonds is 0. The molecule has 1 radical (unpaired) electrons. The molecule has 0 aliphatic rings. The molecule has 0 aliphatic carbocycles. The van der Waals surface area contributed by atoms with E-state index in [-0.39, 0.29) is 18.6 Å². The second-order valence-corrected chi connectivity index (χ2v) is 1.92. The quantitative estimate of drug-likeness (QED) is 0.665. The van der Waals surface area contributed by atoms with Gasteiger partial charge in [-0.2, -0.15) is 18.2 Å². The molecule has 1 nitrogen and oxygen atoms in total. The predicted molar refractivity (Wildman–Crippen MR) is 51.4 cm³/mol. The first-order valence-electron chi connectivity index (χ1n) is 3.65. The summed E-state index contributed by atoms with van der Waals surface area (Å²) in [5.74, 6) is 0. The van der Waals surface area contributed by atoms with E-state index in [0.717, 1.165) is 0 Å². The molecule has 13 heavy (non-hydrogen) atoms. The van der Waals surface area contributed by atoms with Crippen LogP contribution in [-0.4, -0.2) is 5.11 Å². The van der Waals surface area contributed by atoms with Crippen molar-refractivity contribution < 1.29 is 23.7 Å². The molecule has 0 saturated carbocycles. The topological polar surface area (TPSA) is 20.2 Å². The zero-order valence-corrected chi connectivity index (χ0v) is 8.77. The molecule has 0 aliphatic heterocycles. The van der Waals surface area contributed by atoms with Crippen LogP contribution in [0, 0.1) is 7.11 Å². The van der Waals surface area contributed by atoms with Crippen molar-refractivity contribution in [3.63, 3.8) is 0 Å². The van der Waals surface area contributed by atoms with E-state index in [2.05, 4.69) is 7.11 Å². The molecule has 0 heterocycles. The molecule has 0 aromatic heterocycles. The van der Waals surface area contributed by atoms with Crippen LogP contribution in [0.4, 0.5) is 0 Å². The molecular weight excluding hydrogens is 199 g/mol. The monoisotopic (exact) mass is 212 g/mol. The first kappa shape index (κ1) is 14.8. The van der Waals surface area contributed by atoms with E-state index in [9.17, 15) is 0 Å². The summed E-state index contributed by atoms with van der Waals surface area (Å²) in [6.45, 7) is 0. The van der Waals surface area contributed by atoms with Gasteiger partial charge >= 0.3 is 0 Å². The van der Waals surface area contributed by atoms with Gasteiger partial charge in [-0.25, -0.2) is 19.2 Å². The molecule has 1 N–H and O–H groups in total. The summed E-state index contributed by atoms with van der Waals surface area (Å²) < 4.78 is 0. The molecule has 2 heteroatoms. The van der Waals surface area contributed by atoms with E-state index in [0.29, 0.717) is 0 Å². The summed E-state index contributed by atoms with van der Waals surface area (Å²) in [5, 5.41) is 6.75. The van der Waals surface area contributed by atoms with E-state index in [1.807, 2.05) is 60.7 Å². The van der Waals surface area contributed by atoms with Gasteiger partial charge in [0.2, 0.25) is 0 Å². The SMILES string of the molecule is [CH2-]O.[V].[cH-]1[cH-][cH-][cH-][cH-]1.c1cc[cH-]c1. The molecule has 0 fully saturated rings. The first-order valence-corrected chi connectivity index (χ1v) is 3.65. The Kier molecular flexibility index (Phi) is 15.7. The normalized spacial score (nSPS) is 6.62. The Morgan fingerprint density at radius 1 is 0.769 bits per heavy atom. The van der Waals surface area contributed by atoms with Gasteiger partial charge in [-0.05, 0) is 0 Å². The molecule has 2 aromatic rings. The average Bonchev–Trinajstić information content (AvgIpc) is 2.87. The maximum Gasteiger partial charge on any atom is 0 e. The zero-order chi connectivity index (χ0) is 9.07. The summed E-state index contributed by atoms with van der Waals surface area (Å²) >= 11 is 0. The Morgan fingerprint density at radius 3 is 1.23 bits per heavy atom. The number of hydrogen-bond acceptors (Lipinski definition) is 1. The molecular formula is C11H13OV-7. The fourth-order valence-corrected chi connectivity index (χ4v) is 0.642. The van der Waals surface area contributed by atoms with Crippen LogP contribution in [0.15, 0.2) is 60.7 Å². The van der Waals surface area contributed by atoms with Crippen molar-refractivity contribution in [3.05, 3.63) is 67.8 Å². The molecule has 0 saturated heterocycles. The van der Waals surface area contributed by atoms with Crippen molar-refractivity contribution in [1.82, 2.24) is 0 Å². The molecule has 2 aromatic carbocycles. The summed E-state index contributed by atoms with van der Waals surface area (Å²) in [6, 6.07) is 20.0. The van der Waals surface area contributed by atoms with Crippen molar-refractivity contribution in [1.29, 1.82) is 0 Å². The van der Waals surface area contributed by atoms with Gasteiger partial charge in [-0.15, -0.1) is 0 Å². The molecule has 2 rings (SSSR count). The number of aliphatic hydroxyl groups is 1. The van der Waals surface area contributed by atoms with Crippen LogP contribution in [0.1, 0.15) is 0 Å². The second-order valence-electron chi connectivity index (χ2n) is 1.92. The zero-order valence-electron chi connectivity index (χ0n) is 7.38. The van der Waals surface area contributed by atoms with Gasteiger partial charge in [0.25, 0.3) is 0 Å². The Bertz CT molecular complexity index is 149. The van der Waals surface area contributed by atoms with Crippen LogP contribution in [0.5, 0.6) is 0 Å². The fourth-order valence-electron chi connectivity index (χ4n) is 0.642. The van der Waals surface area contributed by atoms with Crippen molar-refractivity contribution >= 4 is 0 Å². The van der Waals surface area contributed by atoms with E-state index < -0.39 is 0 Å².